The average molecular weight is 412 g/mol. The number of rotatable bonds is 17. The topological polar surface area (TPSA) is 128 Å². The van der Waals surface area contributed by atoms with Gasteiger partial charge in [-0.1, -0.05) is 58.3 Å². The lowest BCUT2D eigenvalue weighted by Gasteiger charge is -2.27. The Morgan fingerprint density at radius 2 is 1.56 bits per heavy atom. The first kappa shape index (κ1) is 26.6. The second-order valence-corrected chi connectivity index (χ2v) is 8.83. The zero-order chi connectivity index (χ0) is 20.8. The largest absolute Gasteiger partial charge is 0.390 e. The maximum atomic E-state index is 12.0. The van der Waals surface area contributed by atoms with Gasteiger partial charge in [0, 0.05) is 12.0 Å². The van der Waals surface area contributed by atoms with Crippen molar-refractivity contribution < 1.29 is 38.4 Å². The third-order valence-corrected chi connectivity index (χ3v) is 4.87. The summed E-state index contributed by atoms with van der Waals surface area (Å²) in [5.41, 5.74) is -0.522. The van der Waals surface area contributed by atoms with Crippen molar-refractivity contribution in [2.45, 2.75) is 109 Å². The second-order valence-electron chi connectivity index (χ2n) is 7.86. The van der Waals surface area contributed by atoms with Gasteiger partial charge in [0.15, 0.2) is 0 Å². The van der Waals surface area contributed by atoms with E-state index in [1.165, 1.54) is 38.5 Å². The van der Waals surface area contributed by atoms with Crippen molar-refractivity contribution in [3.63, 3.8) is 0 Å². The molecule has 0 aromatic carbocycles. The lowest BCUT2D eigenvalue weighted by Crippen LogP contribution is -2.61. The van der Waals surface area contributed by atoms with Gasteiger partial charge in [0.25, 0.3) is 0 Å². The minimum atomic E-state index is -4.53. The molecule has 2 N–H and O–H groups in total. The van der Waals surface area contributed by atoms with Gasteiger partial charge in [-0.05, 0) is 33.1 Å². The van der Waals surface area contributed by atoms with Crippen molar-refractivity contribution in [1.82, 2.24) is 5.32 Å². The third-order valence-electron chi connectivity index (χ3n) is 4.48. The number of nitrogens with one attached hydrogen (secondary N) is 1. The molecule has 0 heterocycles. The molecule has 0 aliphatic carbocycles. The van der Waals surface area contributed by atoms with Crippen molar-refractivity contribution in [2.24, 2.45) is 0 Å². The average Bonchev–Trinajstić information content (AvgIpc) is 2.55. The lowest BCUT2D eigenvalue weighted by atomic mass is 9.96. The van der Waals surface area contributed by atoms with Crippen LogP contribution in [0.15, 0.2) is 0 Å². The van der Waals surface area contributed by atoms with Gasteiger partial charge in [-0.2, -0.15) is 14.0 Å². The molecule has 0 radical (unpaired) electrons. The van der Waals surface area contributed by atoms with Crippen LogP contribution in [-0.4, -0.2) is 29.3 Å². The highest BCUT2D eigenvalue weighted by molar-refractivity contribution is 5.76. The highest BCUT2D eigenvalue weighted by Crippen LogP contribution is 2.15. The molecule has 0 bridgehead atoms. The number of amides is 1. The number of carbonyl (C=O) groups excluding carboxylic acids is 1. The quantitative estimate of drug-likeness (QED) is 0.341. The normalized spacial score (nSPS) is 13.6. The van der Waals surface area contributed by atoms with Gasteiger partial charge in [-0.25, -0.2) is 0 Å². The number of hydrogen-bond donors (Lipinski definition) is 2. The van der Waals surface area contributed by atoms with Crippen LogP contribution in [-0.2, 0) is 9.08 Å². The third kappa shape index (κ3) is 18.7. The fourth-order valence-corrected chi connectivity index (χ4v) is 3.16. The predicted octanol–water partition coefficient (Wildman–Crippen LogP) is 0.857. The van der Waals surface area contributed by atoms with E-state index in [9.17, 15) is 23.9 Å². The second kappa shape index (κ2) is 14.5. The molecule has 0 saturated heterocycles. The van der Waals surface area contributed by atoms with Crippen LogP contribution in [0.25, 0.3) is 0 Å². The summed E-state index contributed by atoms with van der Waals surface area (Å²) in [5.74, 6) is -0.0191. The molecule has 0 aromatic heterocycles. The number of hydrogen-bond acceptors (Lipinski definition) is 6. The Labute approximate surface area is 166 Å². The fraction of sp³-hybridized carbons (Fsp3) is 0.947. The molecular formula is C19H38ClNO6. The summed E-state index contributed by atoms with van der Waals surface area (Å²) >= 11 is 0. The molecule has 0 spiro atoms. The highest BCUT2D eigenvalue weighted by atomic mass is 35.7. The molecule has 0 fully saturated rings. The highest BCUT2D eigenvalue weighted by Gasteiger charge is 2.25. The lowest BCUT2D eigenvalue weighted by molar-refractivity contribution is -1.92. The van der Waals surface area contributed by atoms with Crippen LogP contribution in [0.2, 0.25) is 0 Å². The van der Waals surface area contributed by atoms with E-state index in [0.29, 0.717) is 12.8 Å². The Morgan fingerprint density at radius 1 is 1.04 bits per heavy atom. The summed E-state index contributed by atoms with van der Waals surface area (Å²) in [6.07, 6.45) is 10.9. The Bertz CT molecular complexity index is 387. The molecule has 7 nitrogen and oxygen atoms in total. The maximum absolute atomic E-state index is 12.0. The van der Waals surface area contributed by atoms with Gasteiger partial charge in [0.1, 0.15) is 0 Å². The number of aliphatic hydroxyl groups is 1. The van der Waals surface area contributed by atoms with Crippen molar-refractivity contribution in [2.75, 3.05) is 6.61 Å². The van der Waals surface area contributed by atoms with Crippen LogP contribution in [0.5, 0.6) is 0 Å². The van der Waals surface area contributed by atoms with Crippen LogP contribution in [0.4, 0.5) is 0 Å². The Hall–Kier alpha value is -0.440. The molecule has 162 valence electrons. The molecule has 27 heavy (non-hydrogen) atoms. The Morgan fingerprint density at radius 3 is 2.07 bits per heavy atom. The molecule has 0 aliphatic heterocycles. The summed E-state index contributed by atoms with van der Waals surface area (Å²) in [6.45, 7) is 5.33. The van der Waals surface area contributed by atoms with Crippen molar-refractivity contribution in [3.05, 3.63) is 0 Å². The number of halogens is 1. The molecule has 0 rings (SSSR count). The van der Waals surface area contributed by atoms with Gasteiger partial charge in [-0.3, -0.25) is 4.79 Å². The number of unbranched alkanes of at least 4 members (excludes halogenated alkanes) is 8. The first-order valence-electron chi connectivity index (χ1n) is 10.1. The van der Waals surface area contributed by atoms with E-state index in [1.54, 1.807) is 0 Å². The number of aliphatic hydroxyl groups excluding tert-OH is 1. The zero-order valence-electron chi connectivity index (χ0n) is 17.1. The fourth-order valence-electron chi connectivity index (χ4n) is 2.86. The first-order valence-corrected chi connectivity index (χ1v) is 11.3. The van der Waals surface area contributed by atoms with E-state index in [0.717, 1.165) is 19.3 Å². The van der Waals surface area contributed by atoms with Gasteiger partial charge < -0.3 is 10.4 Å². The van der Waals surface area contributed by atoms with E-state index in [4.69, 9.17) is 0 Å². The van der Waals surface area contributed by atoms with Gasteiger partial charge in [-0.15, -0.1) is 0 Å². The molecule has 1 atom stereocenters. The monoisotopic (exact) mass is 411 g/mol. The van der Waals surface area contributed by atoms with Gasteiger partial charge in [0.2, 0.25) is 12.5 Å². The molecule has 0 aliphatic rings. The predicted molar refractivity (Wildman–Crippen MR) is 95.3 cm³/mol. The smallest absolute Gasteiger partial charge is 0.229 e. The first-order chi connectivity index (χ1) is 12.6. The Balaban J connectivity index is 3.76. The minimum Gasteiger partial charge on any atom is -0.390 e. The van der Waals surface area contributed by atoms with E-state index < -0.39 is 28.5 Å². The van der Waals surface area contributed by atoms with Crippen LogP contribution in [0.3, 0.4) is 0 Å². The van der Waals surface area contributed by atoms with Crippen molar-refractivity contribution in [3.8, 4) is 0 Å². The summed E-state index contributed by atoms with van der Waals surface area (Å²) in [5, 5.41) is 12.6. The standard InChI is InChI=1S/C19H38ClNO6/c1-4-5-6-7-8-9-10-11-12-13-18(23)21-19(2,3)15-14-17(22)16-27-20(24,25)26/h17,22H,4-16H2,1-3H3,(H,21,23). The molecule has 1 amide bonds. The minimum absolute atomic E-state index is 0.0191. The summed E-state index contributed by atoms with van der Waals surface area (Å²) in [7, 11) is -4.53. The summed E-state index contributed by atoms with van der Waals surface area (Å²) in [6, 6.07) is 0. The van der Waals surface area contributed by atoms with Gasteiger partial charge >= 0.3 is 0 Å². The van der Waals surface area contributed by atoms with E-state index in [-0.39, 0.29) is 12.3 Å². The van der Waals surface area contributed by atoms with E-state index in [1.807, 2.05) is 13.8 Å². The van der Waals surface area contributed by atoms with Crippen LogP contribution < -0.4 is 19.3 Å². The van der Waals surface area contributed by atoms with Crippen LogP contribution in [0, 0.1) is 10.2 Å². The zero-order valence-corrected chi connectivity index (χ0v) is 17.9. The van der Waals surface area contributed by atoms with Crippen molar-refractivity contribution in [1.29, 1.82) is 0 Å². The molecular weight excluding hydrogens is 374 g/mol. The summed E-state index contributed by atoms with van der Waals surface area (Å²) < 4.78 is 35.0. The van der Waals surface area contributed by atoms with Crippen LogP contribution in [0.1, 0.15) is 97.8 Å². The van der Waals surface area contributed by atoms with E-state index >= 15 is 0 Å². The molecule has 1 unspecified atom stereocenters. The van der Waals surface area contributed by atoms with Gasteiger partial charge in [0.05, 0.1) is 20.6 Å². The summed E-state index contributed by atoms with van der Waals surface area (Å²) in [4.78, 5) is 12.0. The molecule has 0 saturated carbocycles. The maximum Gasteiger partial charge on any atom is 0.229 e. The van der Waals surface area contributed by atoms with Crippen molar-refractivity contribution >= 4 is 5.91 Å². The number of carbonyl (C=O) groups is 1. The molecule has 8 heteroatoms. The Kier molecular flexibility index (Phi) is 14.3. The van der Waals surface area contributed by atoms with Crippen LogP contribution >= 0.6 is 0 Å². The molecule has 0 aromatic rings. The SMILES string of the molecule is CCCCCCCCCCCC(=O)NC(C)(C)CCC(O)CO[Cl+3]([O-])([O-])[O-]. The van der Waals surface area contributed by atoms with E-state index in [2.05, 4.69) is 16.5 Å².